The molecule has 1 aliphatic heterocycles. The number of rotatable bonds is 8. The highest BCUT2D eigenvalue weighted by atomic mass is 19.4. The Morgan fingerprint density at radius 3 is 2.54 bits per heavy atom. The van der Waals surface area contributed by atoms with Gasteiger partial charge in [-0.15, -0.1) is 0 Å². The first-order valence-electron chi connectivity index (χ1n) is 11.2. The zero-order chi connectivity index (χ0) is 25.8. The maximum Gasteiger partial charge on any atom is 0.419 e. The second-order valence-corrected chi connectivity index (χ2v) is 9.37. The Morgan fingerprint density at radius 2 is 1.91 bits per heavy atom. The summed E-state index contributed by atoms with van der Waals surface area (Å²) >= 11 is 0. The number of hydrogen-bond acceptors (Lipinski definition) is 5. The number of nitrogens with two attached hydrogens (primary N) is 1. The van der Waals surface area contributed by atoms with E-state index >= 15 is 0 Å². The monoisotopic (exact) mass is 490 g/mol. The lowest BCUT2D eigenvalue weighted by atomic mass is 9.93. The topological polar surface area (TPSA) is 106 Å². The van der Waals surface area contributed by atoms with Crippen molar-refractivity contribution < 1.29 is 27.5 Å². The number of anilines is 1. The maximum atomic E-state index is 13.8. The minimum Gasteiger partial charge on any atom is -0.491 e. The first-order chi connectivity index (χ1) is 16.3. The van der Waals surface area contributed by atoms with E-state index in [9.17, 15) is 22.8 Å². The first-order valence-corrected chi connectivity index (χ1v) is 11.2. The SMILES string of the molecule is CC(C)C[C@](C)(N)COc1ccc(-c2ccnc(NC(=O)C3=CNC(=O)CC3)c2)cc1C(F)(F)F. The highest BCUT2D eigenvalue weighted by molar-refractivity contribution is 6.04. The minimum absolute atomic E-state index is 0.0602. The molecule has 1 aliphatic rings. The number of carbonyl (C=O) groups excluding carboxylic acids is 2. The summed E-state index contributed by atoms with van der Waals surface area (Å²) in [6.07, 6.45) is -0.829. The molecule has 0 saturated carbocycles. The van der Waals surface area contributed by atoms with Gasteiger partial charge in [0.05, 0.1) is 5.56 Å². The lowest BCUT2D eigenvalue weighted by molar-refractivity contribution is -0.139. The lowest BCUT2D eigenvalue weighted by Crippen LogP contribution is -2.43. The van der Waals surface area contributed by atoms with E-state index in [0.29, 0.717) is 17.6 Å². The Labute approximate surface area is 201 Å². The van der Waals surface area contributed by atoms with E-state index in [2.05, 4.69) is 15.6 Å². The van der Waals surface area contributed by atoms with Crippen LogP contribution in [0.1, 0.15) is 45.6 Å². The molecule has 0 fully saturated rings. The Kier molecular flexibility index (Phi) is 7.84. The number of pyridine rings is 1. The number of ether oxygens (including phenoxy) is 1. The van der Waals surface area contributed by atoms with Gasteiger partial charge in [-0.3, -0.25) is 9.59 Å². The van der Waals surface area contributed by atoms with Crippen LogP contribution in [-0.4, -0.2) is 28.9 Å². The fourth-order valence-electron chi connectivity index (χ4n) is 3.91. The van der Waals surface area contributed by atoms with Crippen molar-refractivity contribution in [2.24, 2.45) is 11.7 Å². The Balaban J connectivity index is 1.82. The van der Waals surface area contributed by atoms with Crippen LogP contribution in [0.3, 0.4) is 0 Å². The number of carbonyl (C=O) groups is 2. The van der Waals surface area contributed by atoms with Crippen LogP contribution in [0.5, 0.6) is 5.75 Å². The van der Waals surface area contributed by atoms with Crippen molar-refractivity contribution in [2.75, 3.05) is 11.9 Å². The highest BCUT2D eigenvalue weighted by Gasteiger charge is 2.35. The summed E-state index contributed by atoms with van der Waals surface area (Å²) in [5, 5.41) is 5.10. The lowest BCUT2D eigenvalue weighted by Gasteiger charge is -2.27. The van der Waals surface area contributed by atoms with Crippen LogP contribution in [-0.2, 0) is 15.8 Å². The van der Waals surface area contributed by atoms with E-state index in [4.69, 9.17) is 10.5 Å². The first kappa shape index (κ1) is 26.2. The largest absolute Gasteiger partial charge is 0.491 e. The molecule has 0 spiro atoms. The molecular weight excluding hydrogens is 461 g/mol. The van der Waals surface area contributed by atoms with Gasteiger partial charge in [-0.2, -0.15) is 13.2 Å². The summed E-state index contributed by atoms with van der Waals surface area (Å²) in [4.78, 5) is 27.8. The Morgan fingerprint density at radius 1 is 1.20 bits per heavy atom. The summed E-state index contributed by atoms with van der Waals surface area (Å²) in [7, 11) is 0. The van der Waals surface area contributed by atoms with E-state index in [-0.39, 0.29) is 48.4 Å². The summed E-state index contributed by atoms with van der Waals surface area (Å²) in [5.74, 6) is -0.471. The van der Waals surface area contributed by atoms with E-state index in [1.807, 2.05) is 13.8 Å². The summed E-state index contributed by atoms with van der Waals surface area (Å²) in [6, 6.07) is 6.82. The number of nitrogens with zero attached hydrogens (tertiary/aromatic N) is 1. The molecule has 0 unspecified atom stereocenters. The second kappa shape index (κ2) is 10.5. The third-order valence-electron chi connectivity index (χ3n) is 5.37. The molecule has 1 atom stereocenters. The van der Waals surface area contributed by atoms with E-state index < -0.39 is 23.2 Å². The number of halogens is 3. The van der Waals surface area contributed by atoms with E-state index in [1.165, 1.54) is 30.6 Å². The van der Waals surface area contributed by atoms with Crippen LogP contribution < -0.4 is 21.1 Å². The molecule has 0 radical (unpaired) electrons. The summed E-state index contributed by atoms with van der Waals surface area (Å²) < 4.78 is 47.0. The summed E-state index contributed by atoms with van der Waals surface area (Å²) in [5.41, 5.74) is 5.59. The number of aromatic nitrogens is 1. The molecule has 1 aromatic heterocycles. The van der Waals surface area contributed by atoms with Gasteiger partial charge in [0.25, 0.3) is 5.91 Å². The van der Waals surface area contributed by atoms with Gasteiger partial charge in [-0.25, -0.2) is 4.98 Å². The normalized spacial score (nSPS) is 15.8. The van der Waals surface area contributed by atoms with Crippen molar-refractivity contribution in [3.63, 3.8) is 0 Å². The van der Waals surface area contributed by atoms with Crippen LogP contribution in [0.4, 0.5) is 19.0 Å². The van der Waals surface area contributed by atoms with Crippen molar-refractivity contribution in [3.05, 3.63) is 53.9 Å². The van der Waals surface area contributed by atoms with Gasteiger partial charge in [-0.1, -0.05) is 19.9 Å². The molecule has 2 amide bonds. The molecule has 0 saturated heterocycles. The van der Waals surface area contributed by atoms with Gasteiger partial charge in [0.15, 0.2) is 0 Å². The quantitative estimate of drug-likeness (QED) is 0.500. The minimum atomic E-state index is -4.64. The van der Waals surface area contributed by atoms with E-state index in [0.717, 1.165) is 6.07 Å². The molecule has 188 valence electrons. The fourth-order valence-corrected chi connectivity index (χ4v) is 3.91. The predicted molar refractivity (Wildman–Crippen MR) is 126 cm³/mol. The number of nitrogens with one attached hydrogen (secondary N) is 2. The molecule has 2 aromatic rings. The average molecular weight is 491 g/mol. The molecule has 3 rings (SSSR count). The molecule has 35 heavy (non-hydrogen) atoms. The average Bonchev–Trinajstić information content (AvgIpc) is 2.77. The molecule has 10 heteroatoms. The molecule has 4 N–H and O–H groups in total. The van der Waals surface area contributed by atoms with Gasteiger partial charge < -0.3 is 21.1 Å². The molecule has 0 bridgehead atoms. The molecule has 7 nitrogen and oxygen atoms in total. The van der Waals surface area contributed by atoms with E-state index in [1.54, 1.807) is 13.0 Å². The van der Waals surface area contributed by atoms with Crippen LogP contribution in [0.15, 0.2) is 48.3 Å². The number of amides is 2. The third kappa shape index (κ3) is 7.29. The van der Waals surface area contributed by atoms with Gasteiger partial charge in [0.1, 0.15) is 18.2 Å². The molecule has 0 aliphatic carbocycles. The van der Waals surface area contributed by atoms with Crippen molar-refractivity contribution >= 4 is 17.6 Å². The van der Waals surface area contributed by atoms with Crippen molar-refractivity contribution in [1.29, 1.82) is 0 Å². The van der Waals surface area contributed by atoms with Crippen molar-refractivity contribution in [2.45, 2.75) is 51.7 Å². The summed E-state index contributed by atoms with van der Waals surface area (Å²) in [6.45, 7) is 5.65. The van der Waals surface area contributed by atoms with Crippen LogP contribution in [0, 0.1) is 5.92 Å². The van der Waals surface area contributed by atoms with Gasteiger partial charge in [0.2, 0.25) is 5.91 Å². The van der Waals surface area contributed by atoms with Crippen LogP contribution in [0.2, 0.25) is 0 Å². The predicted octanol–water partition coefficient (Wildman–Crippen LogP) is 4.64. The van der Waals surface area contributed by atoms with Crippen LogP contribution >= 0.6 is 0 Å². The Bertz CT molecular complexity index is 1130. The highest BCUT2D eigenvalue weighted by Crippen LogP contribution is 2.39. The molecule has 2 heterocycles. The maximum absolute atomic E-state index is 13.8. The zero-order valence-electron chi connectivity index (χ0n) is 19.8. The Hall–Kier alpha value is -3.40. The van der Waals surface area contributed by atoms with Crippen LogP contribution in [0.25, 0.3) is 11.1 Å². The van der Waals surface area contributed by atoms with Gasteiger partial charge in [-0.05, 0) is 61.1 Å². The standard InChI is InChI=1S/C25H29F3N4O3/c1-15(2)12-24(3,29)14-35-20-6-4-16(10-19(20)25(26,27)28)17-8-9-30-21(11-17)32-23(34)18-5-7-22(33)31-13-18/h4,6,8-11,13,15H,5,7,12,14,29H2,1-3H3,(H,31,33)(H,30,32,34)/t24-/m0/s1. The zero-order valence-corrected chi connectivity index (χ0v) is 19.8. The number of benzene rings is 1. The number of hydrogen-bond donors (Lipinski definition) is 3. The van der Waals surface area contributed by atoms with Gasteiger partial charge in [0, 0.05) is 29.9 Å². The van der Waals surface area contributed by atoms with Gasteiger partial charge >= 0.3 is 6.18 Å². The molecule has 1 aromatic carbocycles. The number of alkyl halides is 3. The third-order valence-corrected chi connectivity index (χ3v) is 5.37. The molecular formula is C25H29F3N4O3. The van der Waals surface area contributed by atoms with Crippen molar-refractivity contribution in [1.82, 2.24) is 10.3 Å². The van der Waals surface area contributed by atoms with Crippen molar-refractivity contribution in [3.8, 4) is 16.9 Å². The second-order valence-electron chi connectivity index (χ2n) is 9.37. The fraction of sp³-hybridized carbons (Fsp3) is 0.400. The smallest absolute Gasteiger partial charge is 0.419 e.